The van der Waals surface area contributed by atoms with Gasteiger partial charge in [-0.05, 0) is 19.3 Å². The first-order valence-electron chi connectivity index (χ1n) is 8.02. The van der Waals surface area contributed by atoms with Gasteiger partial charge in [0.15, 0.2) is 0 Å². The Bertz CT molecular complexity index is 435. The Balaban J connectivity index is 2.27. The summed E-state index contributed by atoms with van der Waals surface area (Å²) in [5, 5.41) is 0. The zero-order valence-electron chi connectivity index (χ0n) is 13.4. The maximum absolute atomic E-state index is 4.22. The SMILES string of the molecule is CCCCN(C(CC)n1ccnc1)C(CC)n1ccnc1. The lowest BCUT2D eigenvalue weighted by Gasteiger charge is -2.38. The Hall–Kier alpha value is -1.62. The summed E-state index contributed by atoms with van der Waals surface area (Å²) in [6.07, 6.45) is 16.9. The van der Waals surface area contributed by atoms with Crippen molar-refractivity contribution in [2.24, 2.45) is 0 Å². The quantitative estimate of drug-likeness (QED) is 0.706. The standard InChI is InChI=1S/C16H27N5/c1-4-7-10-21(15(5-2)19-11-8-17-13-19)16(6-3)20-12-9-18-14-20/h8-9,11-16H,4-7,10H2,1-3H3. The first kappa shape index (κ1) is 15.8. The van der Waals surface area contributed by atoms with Gasteiger partial charge in [0.2, 0.25) is 0 Å². The van der Waals surface area contributed by atoms with Crippen molar-refractivity contribution >= 4 is 0 Å². The van der Waals surface area contributed by atoms with Crippen LogP contribution in [0.2, 0.25) is 0 Å². The van der Waals surface area contributed by atoms with Crippen LogP contribution in [0.4, 0.5) is 0 Å². The number of imidazole rings is 2. The van der Waals surface area contributed by atoms with Crippen molar-refractivity contribution in [3.8, 4) is 0 Å². The molecule has 5 heteroatoms. The van der Waals surface area contributed by atoms with Gasteiger partial charge >= 0.3 is 0 Å². The summed E-state index contributed by atoms with van der Waals surface area (Å²) in [7, 11) is 0. The average molecular weight is 289 g/mol. The Morgan fingerprint density at radius 3 is 1.76 bits per heavy atom. The first-order valence-corrected chi connectivity index (χ1v) is 8.02. The molecular weight excluding hydrogens is 262 g/mol. The Morgan fingerprint density at radius 1 is 0.905 bits per heavy atom. The van der Waals surface area contributed by atoms with Crippen LogP contribution in [0.3, 0.4) is 0 Å². The van der Waals surface area contributed by atoms with Crippen molar-refractivity contribution in [2.75, 3.05) is 6.54 Å². The summed E-state index contributed by atoms with van der Waals surface area (Å²) >= 11 is 0. The smallest absolute Gasteiger partial charge is 0.0959 e. The molecule has 2 atom stereocenters. The van der Waals surface area contributed by atoms with Crippen LogP contribution >= 0.6 is 0 Å². The van der Waals surface area contributed by atoms with E-state index in [0.717, 1.165) is 19.4 Å². The number of hydrogen-bond donors (Lipinski definition) is 0. The third kappa shape index (κ3) is 3.73. The van der Waals surface area contributed by atoms with Crippen LogP contribution in [0, 0.1) is 0 Å². The Kier molecular flexibility index (Phi) is 5.99. The Morgan fingerprint density at radius 2 is 1.43 bits per heavy atom. The molecule has 0 spiro atoms. The molecule has 2 unspecified atom stereocenters. The summed E-state index contributed by atoms with van der Waals surface area (Å²) in [6.45, 7) is 7.81. The van der Waals surface area contributed by atoms with Gasteiger partial charge in [0.25, 0.3) is 0 Å². The molecule has 2 rings (SSSR count). The van der Waals surface area contributed by atoms with E-state index in [1.165, 1.54) is 12.8 Å². The minimum absolute atomic E-state index is 0.339. The molecule has 0 amide bonds. The van der Waals surface area contributed by atoms with Crippen LogP contribution in [-0.4, -0.2) is 30.5 Å². The first-order chi connectivity index (χ1) is 10.3. The van der Waals surface area contributed by atoms with Crippen LogP contribution in [0.15, 0.2) is 37.4 Å². The fourth-order valence-corrected chi connectivity index (χ4v) is 2.96. The topological polar surface area (TPSA) is 38.9 Å². The van der Waals surface area contributed by atoms with Gasteiger partial charge in [-0.2, -0.15) is 0 Å². The number of aromatic nitrogens is 4. The molecule has 5 nitrogen and oxygen atoms in total. The monoisotopic (exact) mass is 289 g/mol. The van der Waals surface area contributed by atoms with Gasteiger partial charge in [-0.15, -0.1) is 0 Å². The fourth-order valence-electron chi connectivity index (χ4n) is 2.96. The predicted octanol–water partition coefficient (Wildman–Crippen LogP) is 3.70. The number of hydrogen-bond acceptors (Lipinski definition) is 3. The molecule has 0 N–H and O–H groups in total. The fraction of sp³-hybridized carbons (Fsp3) is 0.625. The maximum Gasteiger partial charge on any atom is 0.0959 e. The van der Waals surface area contributed by atoms with Crippen LogP contribution in [0.25, 0.3) is 0 Å². The third-order valence-corrected chi connectivity index (χ3v) is 4.00. The van der Waals surface area contributed by atoms with E-state index in [9.17, 15) is 0 Å². The highest BCUT2D eigenvalue weighted by Crippen LogP contribution is 2.28. The largest absolute Gasteiger partial charge is 0.321 e. The van der Waals surface area contributed by atoms with Gasteiger partial charge in [-0.1, -0.05) is 27.2 Å². The summed E-state index contributed by atoms with van der Waals surface area (Å²) < 4.78 is 4.44. The van der Waals surface area contributed by atoms with Crippen LogP contribution in [0.5, 0.6) is 0 Å². The van der Waals surface area contributed by atoms with E-state index in [1.54, 1.807) is 0 Å². The van der Waals surface area contributed by atoms with Crippen LogP contribution < -0.4 is 0 Å². The molecule has 0 bridgehead atoms. The second-order valence-electron chi connectivity index (χ2n) is 5.39. The second-order valence-corrected chi connectivity index (χ2v) is 5.39. The summed E-state index contributed by atoms with van der Waals surface area (Å²) in [5.74, 6) is 0. The number of nitrogens with zero attached hydrogens (tertiary/aromatic N) is 5. The van der Waals surface area contributed by atoms with Gasteiger partial charge in [-0.25, -0.2) is 9.97 Å². The van der Waals surface area contributed by atoms with E-state index in [1.807, 2.05) is 25.0 Å². The summed E-state index contributed by atoms with van der Waals surface area (Å²) in [5.41, 5.74) is 0. The molecule has 0 radical (unpaired) electrons. The van der Waals surface area contributed by atoms with Crippen molar-refractivity contribution in [2.45, 2.75) is 58.8 Å². The molecule has 0 aliphatic rings. The molecule has 0 aliphatic heterocycles. The van der Waals surface area contributed by atoms with E-state index >= 15 is 0 Å². The van der Waals surface area contributed by atoms with E-state index in [0.29, 0.717) is 12.3 Å². The van der Waals surface area contributed by atoms with Crippen molar-refractivity contribution in [3.05, 3.63) is 37.4 Å². The molecule has 0 fully saturated rings. The van der Waals surface area contributed by atoms with Crippen molar-refractivity contribution in [1.29, 1.82) is 0 Å². The molecular formula is C16H27N5. The van der Waals surface area contributed by atoms with Crippen LogP contribution in [-0.2, 0) is 0 Å². The van der Waals surface area contributed by atoms with Crippen LogP contribution in [0.1, 0.15) is 58.8 Å². The number of unbranched alkanes of at least 4 members (excludes halogenated alkanes) is 1. The predicted molar refractivity (Wildman–Crippen MR) is 84.7 cm³/mol. The molecule has 0 saturated heterocycles. The molecule has 0 aromatic carbocycles. The molecule has 2 aromatic heterocycles. The van der Waals surface area contributed by atoms with Gasteiger partial charge < -0.3 is 9.13 Å². The summed E-state index contributed by atoms with van der Waals surface area (Å²) in [6, 6.07) is 0. The molecule has 116 valence electrons. The van der Waals surface area contributed by atoms with Crippen molar-refractivity contribution < 1.29 is 0 Å². The van der Waals surface area contributed by atoms with E-state index < -0.39 is 0 Å². The molecule has 0 aliphatic carbocycles. The van der Waals surface area contributed by atoms with Gasteiger partial charge in [0.1, 0.15) is 0 Å². The molecule has 2 heterocycles. The van der Waals surface area contributed by atoms with Gasteiger partial charge in [0.05, 0.1) is 25.0 Å². The van der Waals surface area contributed by atoms with Crippen molar-refractivity contribution in [3.63, 3.8) is 0 Å². The highest BCUT2D eigenvalue weighted by molar-refractivity contribution is 4.85. The lowest BCUT2D eigenvalue weighted by Crippen LogP contribution is -2.38. The zero-order chi connectivity index (χ0) is 15.1. The minimum Gasteiger partial charge on any atom is -0.321 e. The van der Waals surface area contributed by atoms with E-state index in [4.69, 9.17) is 0 Å². The highest BCUT2D eigenvalue weighted by Gasteiger charge is 2.25. The maximum atomic E-state index is 4.22. The molecule has 2 aromatic rings. The van der Waals surface area contributed by atoms with Crippen molar-refractivity contribution in [1.82, 2.24) is 24.0 Å². The van der Waals surface area contributed by atoms with E-state index in [-0.39, 0.29) is 0 Å². The second kappa shape index (κ2) is 7.98. The lowest BCUT2D eigenvalue weighted by atomic mass is 10.2. The molecule has 21 heavy (non-hydrogen) atoms. The number of rotatable bonds is 9. The highest BCUT2D eigenvalue weighted by atomic mass is 15.4. The summed E-state index contributed by atoms with van der Waals surface area (Å²) in [4.78, 5) is 11.0. The zero-order valence-corrected chi connectivity index (χ0v) is 13.4. The van der Waals surface area contributed by atoms with Gasteiger partial charge in [-0.3, -0.25) is 4.90 Å². The normalized spacial score (nSPS) is 14.5. The van der Waals surface area contributed by atoms with Gasteiger partial charge in [0, 0.05) is 31.3 Å². The Labute approximate surface area is 127 Å². The molecule has 0 saturated carbocycles. The van der Waals surface area contributed by atoms with E-state index in [2.05, 4.69) is 57.2 Å². The average Bonchev–Trinajstić information content (AvgIpc) is 3.19. The minimum atomic E-state index is 0.339. The third-order valence-electron chi connectivity index (χ3n) is 4.00. The lowest BCUT2D eigenvalue weighted by molar-refractivity contribution is 0.0390.